The van der Waals surface area contributed by atoms with Crippen LogP contribution in [0.1, 0.15) is 16.9 Å². The number of fused-ring (bicyclic) bond motifs is 1. The van der Waals surface area contributed by atoms with Gasteiger partial charge in [0.05, 0.1) is 6.61 Å². The van der Waals surface area contributed by atoms with E-state index < -0.39 is 0 Å². The van der Waals surface area contributed by atoms with Crippen molar-refractivity contribution in [2.24, 2.45) is 7.05 Å². The minimum absolute atomic E-state index is 0.279. The van der Waals surface area contributed by atoms with Crippen molar-refractivity contribution in [3.05, 3.63) is 24.0 Å². The van der Waals surface area contributed by atoms with Crippen LogP contribution in [0.5, 0.6) is 5.88 Å². The zero-order valence-corrected chi connectivity index (χ0v) is 9.96. The van der Waals surface area contributed by atoms with Gasteiger partial charge in [0.2, 0.25) is 5.88 Å². The second-order valence-electron chi connectivity index (χ2n) is 4.12. The molecule has 3 rings (SSSR count). The summed E-state index contributed by atoms with van der Waals surface area (Å²) in [7, 11) is 1.79. The Morgan fingerprint density at radius 1 is 1.50 bits per heavy atom. The van der Waals surface area contributed by atoms with Gasteiger partial charge in [0.1, 0.15) is 0 Å². The van der Waals surface area contributed by atoms with Crippen molar-refractivity contribution in [3.63, 3.8) is 0 Å². The first-order chi connectivity index (χ1) is 8.72. The lowest BCUT2D eigenvalue weighted by atomic mass is 10.4. The maximum Gasteiger partial charge on any atom is 0.277 e. The van der Waals surface area contributed by atoms with E-state index in [2.05, 4.69) is 15.5 Å². The predicted octanol–water partition coefficient (Wildman–Crippen LogP) is 0.651. The maximum atomic E-state index is 11.9. The highest BCUT2D eigenvalue weighted by Gasteiger charge is 2.18. The number of rotatable bonds is 2. The molecule has 0 bridgehead atoms. The number of ether oxygens (including phenoxy) is 1. The van der Waals surface area contributed by atoms with Crippen molar-refractivity contribution >= 4 is 11.7 Å². The van der Waals surface area contributed by atoms with Crippen LogP contribution >= 0.6 is 0 Å². The van der Waals surface area contributed by atoms with E-state index in [0.717, 1.165) is 13.0 Å². The van der Waals surface area contributed by atoms with Crippen LogP contribution in [0.3, 0.4) is 0 Å². The molecule has 3 heterocycles. The smallest absolute Gasteiger partial charge is 0.277 e. The van der Waals surface area contributed by atoms with Gasteiger partial charge in [-0.15, -0.1) is 0 Å². The van der Waals surface area contributed by atoms with Crippen molar-refractivity contribution in [2.45, 2.75) is 13.0 Å². The third kappa shape index (κ3) is 1.94. The van der Waals surface area contributed by atoms with Crippen molar-refractivity contribution < 1.29 is 9.53 Å². The largest absolute Gasteiger partial charge is 0.478 e. The molecule has 0 aliphatic carbocycles. The molecule has 2 aromatic heterocycles. The highest BCUT2D eigenvalue weighted by molar-refractivity contribution is 6.02. The number of hydrogen-bond donors (Lipinski definition) is 1. The number of aromatic nitrogens is 4. The Hall–Kier alpha value is -2.31. The lowest BCUT2D eigenvalue weighted by Crippen LogP contribution is -2.16. The van der Waals surface area contributed by atoms with Crippen molar-refractivity contribution in [2.75, 3.05) is 11.9 Å². The van der Waals surface area contributed by atoms with Gasteiger partial charge in [-0.2, -0.15) is 10.2 Å². The second kappa shape index (κ2) is 4.17. The Bertz CT molecular complexity index is 563. The Labute approximate surface area is 103 Å². The van der Waals surface area contributed by atoms with Crippen LogP contribution in [0, 0.1) is 0 Å². The highest BCUT2D eigenvalue weighted by Crippen LogP contribution is 2.18. The maximum absolute atomic E-state index is 11.9. The highest BCUT2D eigenvalue weighted by atomic mass is 16.5. The normalized spacial score (nSPS) is 13.8. The molecule has 0 spiro atoms. The van der Waals surface area contributed by atoms with Crippen molar-refractivity contribution in [3.8, 4) is 5.88 Å². The number of anilines is 1. The van der Waals surface area contributed by atoms with E-state index in [1.165, 1.54) is 0 Å². The van der Waals surface area contributed by atoms with Crippen LogP contribution in [0.25, 0.3) is 0 Å². The van der Waals surface area contributed by atoms with Gasteiger partial charge < -0.3 is 10.1 Å². The van der Waals surface area contributed by atoms with Crippen LogP contribution in [0.2, 0.25) is 0 Å². The predicted molar refractivity (Wildman–Crippen MR) is 63.5 cm³/mol. The molecule has 0 unspecified atom stereocenters. The summed E-state index contributed by atoms with van der Waals surface area (Å²) in [5, 5.41) is 11.0. The topological polar surface area (TPSA) is 74.0 Å². The Morgan fingerprint density at radius 3 is 3.11 bits per heavy atom. The van der Waals surface area contributed by atoms with E-state index in [1.54, 1.807) is 34.7 Å². The standard InChI is InChI=1S/C11H13N5O2/c1-15-5-3-9(14-15)12-11(17)8-7-10-16(13-8)4-2-6-18-10/h3,5,7H,2,4,6H2,1H3,(H,12,14,17). The first kappa shape index (κ1) is 10.8. The molecule has 1 aliphatic heterocycles. The summed E-state index contributed by atoms with van der Waals surface area (Å²) in [6.07, 6.45) is 2.67. The zero-order chi connectivity index (χ0) is 12.5. The molecule has 0 aromatic carbocycles. The molecule has 1 amide bonds. The lowest BCUT2D eigenvalue weighted by Gasteiger charge is -2.13. The molecule has 0 saturated heterocycles. The Kier molecular flexibility index (Phi) is 2.51. The van der Waals surface area contributed by atoms with Gasteiger partial charge in [-0.25, -0.2) is 4.68 Å². The molecule has 94 valence electrons. The summed E-state index contributed by atoms with van der Waals surface area (Å²) in [6, 6.07) is 3.38. The number of carbonyl (C=O) groups is 1. The Balaban J connectivity index is 1.78. The van der Waals surface area contributed by atoms with Crippen molar-refractivity contribution in [1.29, 1.82) is 0 Å². The van der Waals surface area contributed by atoms with Gasteiger partial charge in [-0.05, 0) is 0 Å². The average Bonchev–Trinajstić information content (AvgIpc) is 2.95. The van der Waals surface area contributed by atoms with Gasteiger partial charge in [0.15, 0.2) is 11.5 Å². The third-order valence-corrected chi connectivity index (χ3v) is 2.70. The van der Waals surface area contributed by atoms with E-state index in [0.29, 0.717) is 24.0 Å². The van der Waals surface area contributed by atoms with Gasteiger partial charge in [-0.1, -0.05) is 0 Å². The van der Waals surface area contributed by atoms with Crippen molar-refractivity contribution in [1.82, 2.24) is 19.6 Å². The van der Waals surface area contributed by atoms with Crippen LogP contribution in [0.15, 0.2) is 18.3 Å². The lowest BCUT2D eigenvalue weighted by molar-refractivity contribution is 0.102. The summed E-state index contributed by atoms with van der Waals surface area (Å²) in [6.45, 7) is 1.46. The quantitative estimate of drug-likeness (QED) is 0.845. The summed E-state index contributed by atoms with van der Waals surface area (Å²) < 4.78 is 8.74. The molecule has 1 N–H and O–H groups in total. The van der Waals surface area contributed by atoms with Gasteiger partial charge >= 0.3 is 0 Å². The van der Waals surface area contributed by atoms with E-state index >= 15 is 0 Å². The molecule has 1 aliphatic rings. The summed E-state index contributed by atoms with van der Waals surface area (Å²) in [5.74, 6) is 0.876. The average molecular weight is 247 g/mol. The summed E-state index contributed by atoms with van der Waals surface area (Å²) in [5.41, 5.74) is 0.345. The molecule has 0 fully saturated rings. The number of nitrogens with one attached hydrogen (secondary N) is 1. The molecule has 0 radical (unpaired) electrons. The molecule has 7 nitrogen and oxygen atoms in total. The van der Waals surface area contributed by atoms with Gasteiger partial charge in [0.25, 0.3) is 5.91 Å². The van der Waals surface area contributed by atoms with Gasteiger partial charge in [0, 0.05) is 38.3 Å². The van der Waals surface area contributed by atoms with E-state index in [1.807, 2.05) is 0 Å². The van der Waals surface area contributed by atoms with Crippen LogP contribution < -0.4 is 10.1 Å². The number of amides is 1. The molecule has 0 atom stereocenters. The molecule has 2 aromatic rings. The molecular formula is C11H13N5O2. The second-order valence-corrected chi connectivity index (χ2v) is 4.12. The minimum Gasteiger partial charge on any atom is -0.478 e. The van der Waals surface area contributed by atoms with E-state index in [4.69, 9.17) is 4.74 Å². The fourth-order valence-corrected chi connectivity index (χ4v) is 1.84. The zero-order valence-electron chi connectivity index (χ0n) is 9.96. The summed E-state index contributed by atoms with van der Waals surface area (Å²) >= 11 is 0. The van der Waals surface area contributed by atoms with Crippen LogP contribution in [-0.2, 0) is 13.6 Å². The van der Waals surface area contributed by atoms with E-state index in [9.17, 15) is 4.79 Å². The fourth-order valence-electron chi connectivity index (χ4n) is 1.84. The number of hydrogen-bond acceptors (Lipinski definition) is 4. The first-order valence-electron chi connectivity index (χ1n) is 5.74. The third-order valence-electron chi connectivity index (χ3n) is 2.70. The molecular weight excluding hydrogens is 234 g/mol. The molecule has 7 heteroatoms. The van der Waals surface area contributed by atoms with Crippen LogP contribution in [-0.4, -0.2) is 32.1 Å². The number of aryl methyl sites for hydroxylation is 2. The van der Waals surface area contributed by atoms with Gasteiger partial charge in [-0.3, -0.25) is 9.48 Å². The molecule has 18 heavy (non-hydrogen) atoms. The SMILES string of the molecule is Cn1ccc(NC(=O)c2cc3n(n2)CCCO3)n1. The van der Waals surface area contributed by atoms with Crippen LogP contribution in [0.4, 0.5) is 5.82 Å². The monoisotopic (exact) mass is 247 g/mol. The van der Waals surface area contributed by atoms with E-state index in [-0.39, 0.29) is 5.91 Å². The minimum atomic E-state index is -0.279. The Morgan fingerprint density at radius 2 is 2.39 bits per heavy atom. The molecule has 0 saturated carbocycles. The number of carbonyl (C=O) groups excluding carboxylic acids is 1. The summed E-state index contributed by atoms with van der Waals surface area (Å²) in [4.78, 5) is 11.9. The first-order valence-corrected chi connectivity index (χ1v) is 5.74. The number of nitrogens with zero attached hydrogens (tertiary/aromatic N) is 4. The fraction of sp³-hybridized carbons (Fsp3) is 0.364.